The summed E-state index contributed by atoms with van der Waals surface area (Å²) in [5.74, 6) is 0.747. The second kappa shape index (κ2) is 9.30. The molecule has 0 bridgehead atoms. The van der Waals surface area contributed by atoms with Gasteiger partial charge >= 0.3 is 0 Å². The predicted molar refractivity (Wildman–Crippen MR) is 97.6 cm³/mol. The Morgan fingerprint density at radius 1 is 1.21 bits per heavy atom. The molecule has 0 aliphatic heterocycles. The summed E-state index contributed by atoms with van der Waals surface area (Å²) in [7, 11) is 0. The Kier molecular flexibility index (Phi) is 7.09. The molecule has 0 heterocycles. The molecule has 2 aromatic rings. The third-order valence-corrected chi connectivity index (χ3v) is 3.97. The Bertz CT molecular complexity index is 676. The number of halogens is 1. The molecule has 2 rings (SSSR count). The molecule has 2 aromatic carbocycles. The number of aryl methyl sites for hydroxylation is 1. The van der Waals surface area contributed by atoms with Gasteiger partial charge in [-0.2, -0.15) is 0 Å². The molecule has 0 fully saturated rings. The molecule has 0 unspecified atom stereocenters. The molecule has 24 heavy (non-hydrogen) atoms. The number of rotatable bonds is 8. The van der Waals surface area contributed by atoms with E-state index in [9.17, 15) is 4.79 Å². The van der Waals surface area contributed by atoms with Gasteiger partial charge in [0.25, 0.3) is 0 Å². The number of carbonyl (C=O) groups excluding carboxylic acids is 1. The van der Waals surface area contributed by atoms with E-state index < -0.39 is 0 Å². The van der Waals surface area contributed by atoms with Gasteiger partial charge in [0, 0.05) is 11.1 Å². The number of benzene rings is 2. The summed E-state index contributed by atoms with van der Waals surface area (Å²) in [5, 5.41) is 6.70. The van der Waals surface area contributed by atoms with E-state index in [1.807, 2.05) is 62.4 Å². The van der Waals surface area contributed by atoms with Gasteiger partial charge < -0.3 is 15.4 Å². The number of carbonyl (C=O) groups is 1. The van der Waals surface area contributed by atoms with Crippen molar-refractivity contribution in [2.75, 3.05) is 19.7 Å². The third kappa shape index (κ3) is 5.87. The molecule has 0 aliphatic rings. The minimum Gasteiger partial charge on any atom is -0.492 e. The molecular weight excluding hydrogens is 324 g/mol. The van der Waals surface area contributed by atoms with Gasteiger partial charge in [-0.1, -0.05) is 41.9 Å². The fraction of sp³-hybridized carbons (Fsp3) is 0.316. The fourth-order valence-electron chi connectivity index (χ4n) is 2.31. The molecule has 5 heteroatoms. The van der Waals surface area contributed by atoms with Crippen LogP contribution in [0.2, 0.25) is 5.02 Å². The predicted octanol–water partition coefficient (Wildman–Crippen LogP) is 3.49. The number of hydrogen-bond donors (Lipinski definition) is 2. The molecule has 4 nitrogen and oxygen atoms in total. The number of ether oxygens (including phenoxy) is 1. The summed E-state index contributed by atoms with van der Waals surface area (Å²) in [6.45, 7) is 5.14. The Hall–Kier alpha value is -2.04. The van der Waals surface area contributed by atoms with Crippen molar-refractivity contribution < 1.29 is 9.53 Å². The average Bonchev–Trinajstić information content (AvgIpc) is 2.57. The maximum absolute atomic E-state index is 11.9. The highest BCUT2D eigenvalue weighted by atomic mass is 35.5. The van der Waals surface area contributed by atoms with Crippen LogP contribution in [0.1, 0.15) is 24.1 Å². The van der Waals surface area contributed by atoms with E-state index in [1.54, 1.807) is 0 Å². The van der Waals surface area contributed by atoms with Gasteiger partial charge in [-0.25, -0.2) is 0 Å². The first-order chi connectivity index (χ1) is 11.6. The summed E-state index contributed by atoms with van der Waals surface area (Å²) >= 11 is 6.15. The summed E-state index contributed by atoms with van der Waals surface area (Å²) < 4.78 is 5.60. The Labute approximate surface area is 148 Å². The van der Waals surface area contributed by atoms with E-state index in [0.29, 0.717) is 18.2 Å². The van der Waals surface area contributed by atoms with Crippen LogP contribution >= 0.6 is 11.6 Å². The summed E-state index contributed by atoms with van der Waals surface area (Å²) in [4.78, 5) is 11.9. The Morgan fingerprint density at radius 2 is 2.00 bits per heavy atom. The van der Waals surface area contributed by atoms with Crippen molar-refractivity contribution in [2.24, 2.45) is 0 Å². The molecule has 2 N–H and O–H groups in total. The van der Waals surface area contributed by atoms with E-state index in [-0.39, 0.29) is 18.5 Å². The van der Waals surface area contributed by atoms with Crippen molar-refractivity contribution in [3.63, 3.8) is 0 Å². The lowest BCUT2D eigenvalue weighted by Crippen LogP contribution is -2.37. The standard InChI is InChI=1S/C19H23ClN2O2/c1-14-6-5-7-16(12-14)24-11-10-21-19(23)13-22-15(2)17-8-3-4-9-18(17)20/h3-9,12,15,22H,10-11,13H2,1-2H3,(H,21,23)/t15-/m0/s1. The maximum atomic E-state index is 11.9. The SMILES string of the molecule is Cc1cccc(OCCNC(=O)CN[C@@H](C)c2ccccc2Cl)c1. The average molecular weight is 347 g/mol. The lowest BCUT2D eigenvalue weighted by Gasteiger charge is -2.15. The topological polar surface area (TPSA) is 50.4 Å². The number of amides is 1. The molecule has 1 atom stereocenters. The van der Waals surface area contributed by atoms with Crippen LogP contribution in [0.4, 0.5) is 0 Å². The van der Waals surface area contributed by atoms with Crippen molar-refractivity contribution in [1.29, 1.82) is 0 Å². The Morgan fingerprint density at radius 3 is 2.75 bits per heavy atom. The molecule has 0 radical (unpaired) electrons. The van der Waals surface area contributed by atoms with Crippen LogP contribution in [-0.4, -0.2) is 25.6 Å². The monoisotopic (exact) mass is 346 g/mol. The lowest BCUT2D eigenvalue weighted by molar-refractivity contribution is -0.120. The van der Waals surface area contributed by atoms with Gasteiger partial charge in [0.05, 0.1) is 13.1 Å². The summed E-state index contributed by atoms with van der Waals surface area (Å²) in [6.07, 6.45) is 0. The zero-order chi connectivity index (χ0) is 17.4. The Balaban J connectivity index is 1.65. The molecule has 0 aromatic heterocycles. The second-order valence-electron chi connectivity index (χ2n) is 5.64. The smallest absolute Gasteiger partial charge is 0.234 e. The van der Waals surface area contributed by atoms with Gasteiger partial charge in [0.15, 0.2) is 0 Å². The first kappa shape index (κ1) is 18.3. The van der Waals surface area contributed by atoms with Crippen molar-refractivity contribution >= 4 is 17.5 Å². The first-order valence-electron chi connectivity index (χ1n) is 8.00. The minimum absolute atomic E-state index is 0.00740. The third-order valence-electron chi connectivity index (χ3n) is 3.62. The van der Waals surface area contributed by atoms with Crippen molar-refractivity contribution in [3.8, 4) is 5.75 Å². The molecule has 0 aliphatic carbocycles. The van der Waals surface area contributed by atoms with Gasteiger partial charge in [0.2, 0.25) is 5.91 Å². The van der Waals surface area contributed by atoms with Crippen LogP contribution < -0.4 is 15.4 Å². The van der Waals surface area contributed by atoms with Gasteiger partial charge in [-0.15, -0.1) is 0 Å². The maximum Gasteiger partial charge on any atom is 0.234 e. The minimum atomic E-state index is -0.0678. The molecule has 0 saturated heterocycles. The van der Waals surface area contributed by atoms with E-state index in [2.05, 4.69) is 10.6 Å². The number of hydrogen-bond acceptors (Lipinski definition) is 3. The van der Waals surface area contributed by atoms with Crippen LogP contribution in [0.15, 0.2) is 48.5 Å². The van der Waals surface area contributed by atoms with Crippen LogP contribution in [0.5, 0.6) is 5.75 Å². The van der Waals surface area contributed by atoms with Gasteiger partial charge in [-0.05, 0) is 43.2 Å². The van der Waals surface area contributed by atoms with Crippen LogP contribution in [0.25, 0.3) is 0 Å². The largest absolute Gasteiger partial charge is 0.492 e. The molecule has 0 spiro atoms. The van der Waals surface area contributed by atoms with Crippen LogP contribution in [-0.2, 0) is 4.79 Å². The van der Waals surface area contributed by atoms with Crippen molar-refractivity contribution in [2.45, 2.75) is 19.9 Å². The normalized spacial score (nSPS) is 11.8. The summed E-state index contributed by atoms with van der Waals surface area (Å²) in [6, 6.07) is 15.5. The van der Waals surface area contributed by atoms with E-state index >= 15 is 0 Å². The zero-order valence-corrected chi connectivity index (χ0v) is 14.8. The summed E-state index contributed by atoms with van der Waals surface area (Å²) in [5.41, 5.74) is 2.13. The molecule has 128 valence electrons. The van der Waals surface area contributed by atoms with Gasteiger partial charge in [0.1, 0.15) is 12.4 Å². The first-order valence-corrected chi connectivity index (χ1v) is 8.38. The van der Waals surface area contributed by atoms with Crippen LogP contribution in [0.3, 0.4) is 0 Å². The van der Waals surface area contributed by atoms with Crippen molar-refractivity contribution in [1.82, 2.24) is 10.6 Å². The van der Waals surface area contributed by atoms with E-state index in [1.165, 1.54) is 0 Å². The lowest BCUT2D eigenvalue weighted by atomic mass is 10.1. The van der Waals surface area contributed by atoms with Crippen LogP contribution in [0, 0.1) is 6.92 Å². The highest BCUT2D eigenvalue weighted by Crippen LogP contribution is 2.21. The van der Waals surface area contributed by atoms with E-state index in [4.69, 9.17) is 16.3 Å². The van der Waals surface area contributed by atoms with Crippen molar-refractivity contribution in [3.05, 3.63) is 64.7 Å². The molecule has 1 amide bonds. The quantitative estimate of drug-likeness (QED) is 0.719. The van der Waals surface area contributed by atoms with E-state index in [0.717, 1.165) is 16.9 Å². The highest BCUT2D eigenvalue weighted by molar-refractivity contribution is 6.31. The fourth-order valence-corrected chi connectivity index (χ4v) is 2.61. The number of nitrogens with one attached hydrogen (secondary N) is 2. The highest BCUT2D eigenvalue weighted by Gasteiger charge is 2.10. The molecule has 0 saturated carbocycles. The molecular formula is C19H23ClN2O2. The van der Waals surface area contributed by atoms with Gasteiger partial charge in [-0.3, -0.25) is 4.79 Å². The second-order valence-corrected chi connectivity index (χ2v) is 6.05. The zero-order valence-electron chi connectivity index (χ0n) is 14.0.